The van der Waals surface area contributed by atoms with Gasteiger partial charge in [0.2, 0.25) is 0 Å². The number of nitrogens with zero attached hydrogens (tertiary/aromatic N) is 1. The molecule has 0 bridgehead atoms. The van der Waals surface area contributed by atoms with Gasteiger partial charge in [0, 0.05) is 19.6 Å². The molecule has 2 aromatic carbocycles. The maximum absolute atomic E-state index is 13.4. The zero-order valence-electron chi connectivity index (χ0n) is 13.7. The van der Waals surface area contributed by atoms with Gasteiger partial charge in [-0.1, -0.05) is 24.3 Å². The second-order valence-corrected chi connectivity index (χ2v) is 5.84. The van der Waals surface area contributed by atoms with E-state index in [2.05, 4.69) is 4.90 Å². The molecule has 0 aliphatic carbocycles. The number of hydrogen-bond donors (Lipinski definition) is 0. The van der Waals surface area contributed by atoms with Gasteiger partial charge in [-0.2, -0.15) is 0 Å². The fourth-order valence-corrected chi connectivity index (χ4v) is 2.74. The van der Waals surface area contributed by atoms with Crippen LogP contribution >= 0.6 is 0 Å². The van der Waals surface area contributed by atoms with Crippen LogP contribution in [0.3, 0.4) is 0 Å². The van der Waals surface area contributed by atoms with E-state index in [0.717, 1.165) is 6.07 Å². The molecular formula is C19H19F2NO3. The molecule has 1 unspecified atom stereocenters. The summed E-state index contributed by atoms with van der Waals surface area (Å²) >= 11 is 0. The monoisotopic (exact) mass is 347 g/mol. The van der Waals surface area contributed by atoms with Gasteiger partial charge < -0.3 is 9.47 Å². The lowest BCUT2D eigenvalue weighted by Gasteiger charge is -2.33. The first-order chi connectivity index (χ1) is 12.1. The Morgan fingerprint density at radius 1 is 1.16 bits per heavy atom. The van der Waals surface area contributed by atoms with Crippen molar-refractivity contribution in [3.63, 3.8) is 0 Å². The summed E-state index contributed by atoms with van der Waals surface area (Å²) in [4.78, 5) is 14.0. The van der Waals surface area contributed by atoms with E-state index in [1.807, 2.05) is 6.07 Å². The van der Waals surface area contributed by atoms with E-state index < -0.39 is 11.6 Å². The quantitative estimate of drug-likeness (QED) is 0.779. The van der Waals surface area contributed by atoms with Crippen molar-refractivity contribution in [1.82, 2.24) is 4.90 Å². The molecule has 3 rings (SSSR count). The van der Waals surface area contributed by atoms with Crippen LogP contribution in [0.1, 0.15) is 22.0 Å². The zero-order valence-corrected chi connectivity index (χ0v) is 13.7. The lowest BCUT2D eigenvalue weighted by Crippen LogP contribution is -2.40. The minimum atomic E-state index is -0.880. The number of morpholine rings is 1. The van der Waals surface area contributed by atoms with Crippen LogP contribution in [-0.2, 0) is 9.47 Å². The molecule has 0 saturated carbocycles. The first-order valence-corrected chi connectivity index (χ1v) is 8.14. The van der Waals surface area contributed by atoms with Crippen LogP contribution in [0, 0.1) is 11.6 Å². The van der Waals surface area contributed by atoms with Crippen molar-refractivity contribution < 1.29 is 23.0 Å². The lowest BCUT2D eigenvalue weighted by atomic mass is 10.1. The summed E-state index contributed by atoms with van der Waals surface area (Å²) in [5.74, 6) is -2.11. The molecular weight excluding hydrogens is 328 g/mol. The molecule has 132 valence electrons. The van der Waals surface area contributed by atoms with Crippen molar-refractivity contribution in [1.29, 1.82) is 0 Å². The summed E-state index contributed by atoms with van der Waals surface area (Å²) < 4.78 is 37.4. The first kappa shape index (κ1) is 17.5. The van der Waals surface area contributed by atoms with Gasteiger partial charge in [-0.15, -0.1) is 0 Å². The highest BCUT2D eigenvalue weighted by Crippen LogP contribution is 2.23. The smallest absolute Gasteiger partial charge is 0.338 e. The van der Waals surface area contributed by atoms with E-state index >= 15 is 0 Å². The third kappa shape index (κ3) is 4.61. The van der Waals surface area contributed by atoms with Crippen molar-refractivity contribution in [2.24, 2.45) is 0 Å². The van der Waals surface area contributed by atoms with Gasteiger partial charge in [-0.05, 0) is 29.8 Å². The summed E-state index contributed by atoms with van der Waals surface area (Å²) in [6.07, 6.45) is -0.325. The molecule has 1 atom stereocenters. The molecule has 0 amide bonds. The Morgan fingerprint density at radius 2 is 1.96 bits per heavy atom. The molecule has 1 aliphatic heterocycles. The lowest BCUT2D eigenvalue weighted by molar-refractivity contribution is -0.0356. The molecule has 1 aliphatic rings. The van der Waals surface area contributed by atoms with Crippen LogP contribution in [0.2, 0.25) is 0 Å². The highest BCUT2D eigenvalue weighted by molar-refractivity contribution is 5.89. The van der Waals surface area contributed by atoms with Gasteiger partial charge in [-0.3, -0.25) is 4.90 Å². The predicted octanol–water partition coefficient (Wildman–Crippen LogP) is 3.20. The molecule has 1 fully saturated rings. The Hall–Kier alpha value is -2.31. The maximum atomic E-state index is 13.4. The number of ether oxygens (including phenoxy) is 2. The van der Waals surface area contributed by atoms with Crippen molar-refractivity contribution in [2.45, 2.75) is 6.10 Å². The number of rotatable bonds is 5. The number of benzene rings is 2. The Morgan fingerprint density at radius 3 is 2.72 bits per heavy atom. The minimum Gasteiger partial charge on any atom is -0.461 e. The summed E-state index contributed by atoms with van der Waals surface area (Å²) in [6.45, 7) is 2.54. The second-order valence-electron chi connectivity index (χ2n) is 5.84. The van der Waals surface area contributed by atoms with E-state index in [1.54, 1.807) is 24.3 Å². The molecule has 2 aromatic rings. The molecule has 25 heavy (non-hydrogen) atoms. The Balaban J connectivity index is 1.50. The predicted molar refractivity (Wildman–Crippen MR) is 88.2 cm³/mol. The average Bonchev–Trinajstić information content (AvgIpc) is 2.65. The molecule has 0 radical (unpaired) electrons. The largest absolute Gasteiger partial charge is 0.461 e. The van der Waals surface area contributed by atoms with Crippen molar-refractivity contribution in [2.75, 3.05) is 32.8 Å². The number of halogens is 2. The fourth-order valence-electron chi connectivity index (χ4n) is 2.74. The van der Waals surface area contributed by atoms with Crippen LogP contribution in [-0.4, -0.2) is 43.7 Å². The SMILES string of the molecule is O=C(OCCN1CCOC(c2ccc(F)c(F)c2)C1)c1ccccc1. The molecule has 4 nitrogen and oxygen atoms in total. The van der Waals surface area contributed by atoms with Gasteiger partial charge in [0.15, 0.2) is 11.6 Å². The zero-order chi connectivity index (χ0) is 17.6. The van der Waals surface area contributed by atoms with Crippen LogP contribution < -0.4 is 0 Å². The van der Waals surface area contributed by atoms with Crippen molar-refractivity contribution >= 4 is 5.97 Å². The Labute approximate surface area is 145 Å². The first-order valence-electron chi connectivity index (χ1n) is 8.14. The second kappa shape index (κ2) is 8.18. The maximum Gasteiger partial charge on any atom is 0.338 e. The normalized spacial score (nSPS) is 18.1. The summed E-state index contributed by atoms with van der Waals surface area (Å²) in [7, 11) is 0. The average molecular weight is 347 g/mol. The molecule has 0 N–H and O–H groups in total. The third-order valence-corrected chi connectivity index (χ3v) is 4.12. The van der Waals surface area contributed by atoms with E-state index in [9.17, 15) is 13.6 Å². The molecule has 0 spiro atoms. The minimum absolute atomic E-state index is 0.262. The molecule has 1 heterocycles. The van der Waals surface area contributed by atoms with Crippen LogP contribution in [0.15, 0.2) is 48.5 Å². The van der Waals surface area contributed by atoms with Gasteiger partial charge in [-0.25, -0.2) is 13.6 Å². The van der Waals surface area contributed by atoms with Crippen molar-refractivity contribution in [3.8, 4) is 0 Å². The fraction of sp³-hybridized carbons (Fsp3) is 0.316. The van der Waals surface area contributed by atoms with Gasteiger partial charge in [0.1, 0.15) is 6.61 Å². The molecule has 0 aromatic heterocycles. The Bertz CT molecular complexity index is 724. The highest BCUT2D eigenvalue weighted by atomic mass is 19.2. The van der Waals surface area contributed by atoms with Gasteiger partial charge >= 0.3 is 5.97 Å². The van der Waals surface area contributed by atoms with E-state index in [4.69, 9.17) is 9.47 Å². The standard InChI is InChI=1S/C19H19F2NO3/c20-16-7-6-15(12-17(16)21)18-13-22(8-10-24-18)9-11-25-19(23)14-4-2-1-3-5-14/h1-7,12,18H,8-11,13H2. The van der Waals surface area contributed by atoms with E-state index in [1.165, 1.54) is 12.1 Å². The summed E-state index contributed by atoms with van der Waals surface area (Å²) in [6, 6.07) is 12.6. The molecule has 1 saturated heterocycles. The summed E-state index contributed by atoms with van der Waals surface area (Å²) in [5, 5.41) is 0. The van der Waals surface area contributed by atoms with Crippen LogP contribution in [0.25, 0.3) is 0 Å². The van der Waals surface area contributed by atoms with Crippen LogP contribution in [0.5, 0.6) is 0 Å². The van der Waals surface area contributed by atoms with Gasteiger partial charge in [0.25, 0.3) is 0 Å². The van der Waals surface area contributed by atoms with E-state index in [0.29, 0.717) is 37.4 Å². The van der Waals surface area contributed by atoms with Crippen LogP contribution in [0.4, 0.5) is 8.78 Å². The number of carbonyl (C=O) groups is 1. The number of hydrogen-bond acceptors (Lipinski definition) is 4. The topological polar surface area (TPSA) is 38.8 Å². The number of esters is 1. The molecule has 6 heteroatoms. The highest BCUT2D eigenvalue weighted by Gasteiger charge is 2.23. The van der Waals surface area contributed by atoms with Crippen molar-refractivity contribution in [3.05, 3.63) is 71.3 Å². The number of carbonyl (C=O) groups excluding carboxylic acids is 1. The van der Waals surface area contributed by atoms with Gasteiger partial charge in [0.05, 0.1) is 18.3 Å². The summed E-state index contributed by atoms with van der Waals surface area (Å²) in [5.41, 5.74) is 1.12. The van der Waals surface area contributed by atoms with E-state index in [-0.39, 0.29) is 18.7 Å². The third-order valence-electron chi connectivity index (χ3n) is 4.12. The Kier molecular flexibility index (Phi) is 5.73.